The first-order valence-corrected chi connectivity index (χ1v) is 8.66. The van der Waals surface area contributed by atoms with Crippen molar-refractivity contribution in [2.75, 3.05) is 47.0 Å². The second kappa shape index (κ2) is 7.44. The summed E-state index contributed by atoms with van der Waals surface area (Å²) in [6.07, 6.45) is 0.863. The Morgan fingerprint density at radius 1 is 1.42 bits per heavy atom. The van der Waals surface area contributed by atoms with Gasteiger partial charge in [0.1, 0.15) is 12.2 Å². The van der Waals surface area contributed by atoms with E-state index in [1.807, 2.05) is 0 Å². The highest BCUT2D eigenvalue weighted by atomic mass is 16.5. The molecule has 1 atom stereocenters. The number of likely N-dealkylation sites (tertiary alicyclic amines) is 1. The number of carbonyl (C=O) groups excluding carboxylic acids is 2. The Morgan fingerprint density at radius 3 is 2.88 bits per heavy atom. The zero-order chi connectivity index (χ0) is 18.7. The Bertz CT molecular complexity index is 735. The van der Waals surface area contributed by atoms with E-state index in [0.717, 1.165) is 6.42 Å². The number of likely N-dealkylation sites (N-methyl/N-ethyl adjacent to an activating group) is 1. The van der Waals surface area contributed by atoms with Crippen LogP contribution in [0.15, 0.2) is 24.3 Å². The van der Waals surface area contributed by atoms with Crippen molar-refractivity contribution in [1.82, 2.24) is 9.80 Å². The van der Waals surface area contributed by atoms with Crippen molar-refractivity contribution in [3.8, 4) is 6.07 Å². The molecule has 2 saturated heterocycles. The quantitative estimate of drug-likeness (QED) is 0.782. The Hall–Kier alpha value is -2.43. The highest BCUT2D eigenvalue weighted by Crippen LogP contribution is 2.40. The maximum atomic E-state index is 12.6. The van der Waals surface area contributed by atoms with Crippen molar-refractivity contribution in [1.29, 1.82) is 5.26 Å². The lowest BCUT2D eigenvalue weighted by atomic mass is 9.81. The maximum absolute atomic E-state index is 12.6. The van der Waals surface area contributed by atoms with E-state index in [-0.39, 0.29) is 29.9 Å². The predicted octanol–water partition coefficient (Wildman–Crippen LogP) is 0.894. The molecule has 0 radical (unpaired) electrons. The van der Waals surface area contributed by atoms with Crippen LogP contribution in [0.1, 0.15) is 22.3 Å². The average molecular weight is 357 g/mol. The van der Waals surface area contributed by atoms with Gasteiger partial charge in [-0.3, -0.25) is 9.59 Å². The number of rotatable bonds is 5. The minimum absolute atomic E-state index is 0.0587. The summed E-state index contributed by atoms with van der Waals surface area (Å²) in [5, 5.41) is 8.98. The summed E-state index contributed by atoms with van der Waals surface area (Å²) in [5.74, 6) is 0.0124. The molecule has 0 N–H and O–H groups in total. The van der Waals surface area contributed by atoms with Crippen LogP contribution in [0, 0.1) is 17.2 Å². The fourth-order valence-electron chi connectivity index (χ4n) is 3.44. The van der Waals surface area contributed by atoms with Crippen LogP contribution >= 0.6 is 0 Å². The highest BCUT2D eigenvalue weighted by molar-refractivity contribution is 5.95. The molecule has 2 heterocycles. The molecule has 1 aromatic carbocycles. The number of amides is 2. The van der Waals surface area contributed by atoms with Crippen LogP contribution in [0.2, 0.25) is 0 Å². The first kappa shape index (κ1) is 18.4. The van der Waals surface area contributed by atoms with Gasteiger partial charge in [0, 0.05) is 32.2 Å². The van der Waals surface area contributed by atoms with Crippen LogP contribution in [0.4, 0.5) is 0 Å². The van der Waals surface area contributed by atoms with Crippen molar-refractivity contribution >= 4 is 11.8 Å². The van der Waals surface area contributed by atoms with Crippen LogP contribution in [0.25, 0.3) is 0 Å². The highest BCUT2D eigenvalue weighted by Gasteiger charge is 2.54. The standard InChI is InChI=1S/C19H23N3O4/c1-21(2)17(23)11-25-10-16-6-7-26-19(16)12-22(13-19)18(24)15-5-3-4-14(8-15)9-20/h3-5,8,16H,6-7,10-13H2,1-2H3. The number of benzene rings is 1. The molecular formula is C19H23N3O4. The zero-order valence-electron chi connectivity index (χ0n) is 15.1. The number of hydrogen-bond acceptors (Lipinski definition) is 5. The van der Waals surface area contributed by atoms with Gasteiger partial charge in [-0.25, -0.2) is 0 Å². The van der Waals surface area contributed by atoms with Crippen LogP contribution in [0.5, 0.6) is 0 Å². The third kappa shape index (κ3) is 3.57. The van der Waals surface area contributed by atoms with Gasteiger partial charge < -0.3 is 19.3 Å². The molecule has 0 aliphatic carbocycles. The lowest BCUT2D eigenvalue weighted by Crippen LogP contribution is -2.66. The third-order valence-electron chi connectivity index (χ3n) is 5.09. The molecule has 2 amide bonds. The Balaban J connectivity index is 1.55. The molecule has 0 bridgehead atoms. The molecule has 138 valence electrons. The molecule has 7 heteroatoms. The lowest BCUT2D eigenvalue weighted by Gasteiger charge is -2.50. The van der Waals surface area contributed by atoms with Crippen molar-refractivity contribution in [3.63, 3.8) is 0 Å². The molecule has 0 aromatic heterocycles. The molecule has 1 aromatic rings. The molecule has 7 nitrogen and oxygen atoms in total. The van der Waals surface area contributed by atoms with Crippen LogP contribution in [0.3, 0.4) is 0 Å². The van der Waals surface area contributed by atoms with Gasteiger partial charge in [-0.05, 0) is 24.6 Å². The van der Waals surface area contributed by atoms with Gasteiger partial charge in [0.25, 0.3) is 5.91 Å². The van der Waals surface area contributed by atoms with Crippen LogP contribution in [-0.2, 0) is 14.3 Å². The van der Waals surface area contributed by atoms with Gasteiger partial charge in [0.05, 0.1) is 31.3 Å². The molecule has 2 aliphatic rings. The largest absolute Gasteiger partial charge is 0.371 e. The van der Waals surface area contributed by atoms with Crippen molar-refractivity contribution in [3.05, 3.63) is 35.4 Å². The molecule has 26 heavy (non-hydrogen) atoms. The molecule has 1 unspecified atom stereocenters. The first-order chi connectivity index (χ1) is 12.4. The molecule has 1 spiro atoms. The number of ether oxygens (including phenoxy) is 2. The smallest absolute Gasteiger partial charge is 0.254 e. The number of nitriles is 1. The van der Waals surface area contributed by atoms with E-state index in [0.29, 0.717) is 37.4 Å². The van der Waals surface area contributed by atoms with Gasteiger partial charge in [0.2, 0.25) is 5.91 Å². The number of carbonyl (C=O) groups is 2. The van der Waals surface area contributed by atoms with E-state index < -0.39 is 0 Å². The van der Waals surface area contributed by atoms with Gasteiger partial charge in [-0.15, -0.1) is 0 Å². The summed E-state index contributed by atoms with van der Waals surface area (Å²) in [7, 11) is 3.39. The summed E-state index contributed by atoms with van der Waals surface area (Å²) >= 11 is 0. The Morgan fingerprint density at radius 2 is 2.19 bits per heavy atom. The van der Waals surface area contributed by atoms with E-state index in [4.69, 9.17) is 14.7 Å². The molecule has 3 rings (SSSR count). The monoisotopic (exact) mass is 357 g/mol. The van der Waals surface area contributed by atoms with E-state index in [1.165, 1.54) is 4.90 Å². The lowest BCUT2D eigenvalue weighted by molar-refractivity contribution is -0.141. The topological polar surface area (TPSA) is 82.9 Å². The van der Waals surface area contributed by atoms with E-state index in [2.05, 4.69) is 6.07 Å². The first-order valence-electron chi connectivity index (χ1n) is 8.66. The number of hydrogen-bond donors (Lipinski definition) is 0. The summed E-state index contributed by atoms with van der Waals surface area (Å²) in [6.45, 7) is 2.17. The van der Waals surface area contributed by atoms with Gasteiger partial charge in [0.15, 0.2) is 0 Å². The van der Waals surface area contributed by atoms with Gasteiger partial charge in [-0.2, -0.15) is 5.26 Å². The van der Waals surface area contributed by atoms with E-state index >= 15 is 0 Å². The summed E-state index contributed by atoms with van der Waals surface area (Å²) < 4.78 is 11.5. The second-order valence-electron chi connectivity index (χ2n) is 7.06. The molecule has 2 aliphatic heterocycles. The normalized spacial score (nSPS) is 20.5. The zero-order valence-corrected chi connectivity index (χ0v) is 15.1. The minimum Gasteiger partial charge on any atom is -0.371 e. The number of nitrogens with zero attached hydrogens (tertiary/aromatic N) is 3. The maximum Gasteiger partial charge on any atom is 0.254 e. The van der Waals surface area contributed by atoms with Gasteiger partial charge in [-0.1, -0.05) is 6.07 Å². The predicted molar refractivity (Wildman–Crippen MR) is 93.4 cm³/mol. The average Bonchev–Trinajstić information content (AvgIpc) is 3.03. The fourth-order valence-corrected chi connectivity index (χ4v) is 3.44. The fraction of sp³-hybridized carbons (Fsp3) is 0.526. The van der Waals surface area contributed by atoms with Crippen LogP contribution in [-0.4, -0.2) is 74.2 Å². The van der Waals surface area contributed by atoms with E-state index in [1.54, 1.807) is 43.3 Å². The molecule has 0 saturated carbocycles. The minimum atomic E-state index is -0.371. The Kier molecular flexibility index (Phi) is 5.25. The molecule has 2 fully saturated rings. The van der Waals surface area contributed by atoms with Crippen molar-refractivity contribution in [2.24, 2.45) is 5.92 Å². The summed E-state index contributed by atoms with van der Waals surface area (Å²) in [4.78, 5) is 27.4. The SMILES string of the molecule is CN(C)C(=O)COCC1CCOC12CN(C(=O)c1cccc(C#N)c1)C2. The van der Waals surface area contributed by atoms with E-state index in [9.17, 15) is 9.59 Å². The summed E-state index contributed by atoms with van der Waals surface area (Å²) in [5.41, 5.74) is 0.616. The molecular weight excluding hydrogens is 334 g/mol. The van der Waals surface area contributed by atoms with Crippen molar-refractivity contribution in [2.45, 2.75) is 12.0 Å². The third-order valence-corrected chi connectivity index (χ3v) is 5.09. The summed E-state index contributed by atoms with van der Waals surface area (Å²) in [6, 6.07) is 8.77. The Labute approximate surface area is 153 Å². The van der Waals surface area contributed by atoms with Crippen molar-refractivity contribution < 1.29 is 19.1 Å². The van der Waals surface area contributed by atoms with Gasteiger partial charge >= 0.3 is 0 Å². The second-order valence-corrected chi connectivity index (χ2v) is 7.06. The van der Waals surface area contributed by atoms with Crippen LogP contribution < -0.4 is 0 Å².